The van der Waals surface area contributed by atoms with Gasteiger partial charge in [0.1, 0.15) is 0 Å². The van der Waals surface area contributed by atoms with Crippen LogP contribution < -0.4 is 10.0 Å². The van der Waals surface area contributed by atoms with Crippen LogP contribution in [0.2, 0.25) is 0 Å². The molecule has 1 rings (SSSR count). The summed E-state index contributed by atoms with van der Waals surface area (Å²) in [6.07, 6.45) is 0.982. The molecular formula is C16H26N2O3S. The van der Waals surface area contributed by atoms with Crippen molar-refractivity contribution in [2.75, 3.05) is 0 Å². The van der Waals surface area contributed by atoms with E-state index in [2.05, 4.69) is 10.0 Å². The number of carbonyl (C=O) groups is 1. The van der Waals surface area contributed by atoms with E-state index >= 15 is 0 Å². The van der Waals surface area contributed by atoms with Gasteiger partial charge in [0.15, 0.2) is 0 Å². The van der Waals surface area contributed by atoms with Crippen LogP contribution in [0.4, 0.5) is 0 Å². The fraction of sp³-hybridized carbons (Fsp3) is 0.562. The summed E-state index contributed by atoms with van der Waals surface area (Å²) in [5, 5.41) is 2.83. The van der Waals surface area contributed by atoms with E-state index in [1.807, 2.05) is 13.8 Å². The van der Waals surface area contributed by atoms with Crippen molar-refractivity contribution in [2.24, 2.45) is 0 Å². The van der Waals surface area contributed by atoms with Crippen molar-refractivity contribution in [3.05, 3.63) is 29.8 Å². The molecule has 1 aromatic carbocycles. The Hall–Kier alpha value is -1.40. The normalized spacial score (nSPS) is 12.5. The minimum atomic E-state index is -3.51. The lowest BCUT2D eigenvalue weighted by atomic mass is 10.1. The zero-order valence-electron chi connectivity index (χ0n) is 13.9. The van der Waals surface area contributed by atoms with Crippen molar-refractivity contribution in [1.29, 1.82) is 0 Å². The first-order chi connectivity index (χ1) is 9.99. The van der Waals surface area contributed by atoms with E-state index in [9.17, 15) is 13.2 Å². The Morgan fingerprint density at radius 1 is 1.14 bits per heavy atom. The van der Waals surface area contributed by atoms with Crippen LogP contribution in [0.15, 0.2) is 29.2 Å². The Morgan fingerprint density at radius 2 is 1.68 bits per heavy atom. The van der Waals surface area contributed by atoms with Crippen LogP contribution in [0, 0.1) is 0 Å². The Balaban J connectivity index is 2.69. The lowest BCUT2D eigenvalue weighted by Gasteiger charge is -2.20. The van der Waals surface area contributed by atoms with E-state index in [4.69, 9.17) is 0 Å². The molecular weight excluding hydrogens is 300 g/mol. The van der Waals surface area contributed by atoms with Crippen LogP contribution in [0.1, 0.15) is 46.6 Å². The standard InChI is InChI=1S/C16H26N2O3S/c1-12(2)17-15(19)11-8-13-6-9-14(10-7-13)22(20,21)18-16(3,4)5/h6-7,9-10,12,18H,8,11H2,1-5H3,(H,17,19). The van der Waals surface area contributed by atoms with E-state index in [0.29, 0.717) is 12.8 Å². The molecule has 0 radical (unpaired) electrons. The first kappa shape index (κ1) is 18.6. The van der Waals surface area contributed by atoms with Gasteiger partial charge in [0.2, 0.25) is 15.9 Å². The van der Waals surface area contributed by atoms with Gasteiger partial charge in [-0.1, -0.05) is 12.1 Å². The number of benzene rings is 1. The third-order valence-electron chi connectivity index (χ3n) is 2.76. The summed E-state index contributed by atoms with van der Waals surface area (Å²) in [6.45, 7) is 9.23. The predicted molar refractivity (Wildman–Crippen MR) is 88.1 cm³/mol. The number of hydrogen-bond donors (Lipinski definition) is 2. The summed E-state index contributed by atoms with van der Waals surface area (Å²) in [4.78, 5) is 11.8. The van der Waals surface area contributed by atoms with Crippen LogP contribution in [-0.4, -0.2) is 25.9 Å². The van der Waals surface area contributed by atoms with Crippen LogP contribution in [-0.2, 0) is 21.2 Å². The highest BCUT2D eigenvalue weighted by Gasteiger charge is 2.21. The summed E-state index contributed by atoms with van der Waals surface area (Å²) >= 11 is 0. The first-order valence-corrected chi connectivity index (χ1v) is 8.90. The molecule has 0 saturated heterocycles. The molecule has 0 aliphatic rings. The quantitative estimate of drug-likeness (QED) is 0.841. The maximum Gasteiger partial charge on any atom is 0.241 e. The van der Waals surface area contributed by atoms with Gasteiger partial charge in [0.05, 0.1) is 4.90 Å². The Labute approximate surface area is 133 Å². The Kier molecular flexibility index (Phi) is 6.14. The second-order valence-electron chi connectivity index (χ2n) is 6.72. The average molecular weight is 326 g/mol. The maximum absolute atomic E-state index is 12.2. The van der Waals surface area contributed by atoms with Crippen molar-refractivity contribution in [2.45, 2.75) is 63.9 Å². The lowest BCUT2D eigenvalue weighted by Crippen LogP contribution is -2.40. The fourth-order valence-electron chi connectivity index (χ4n) is 1.95. The first-order valence-electron chi connectivity index (χ1n) is 7.42. The Bertz CT molecular complexity index is 599. The minimum Gasteiger partial charge on any atom is -0.354 e. The van der Waals surface area contributed by atoms with Crippen LogP contribution in [0.25, 0.3) is 0 Å². The lowest BCUT2D eigenvalue weighted by molar-refractivity contribution is -0.121. The number of carbonyl (C=O) groups excluding carboxylic acids is 1. The summed E-state index contributed by atoms with van der Waals surface area (Å²) in [7, 11) is -3.51. The van der Waals surface area contributed by atoms with Gasteiger partial charge in [-0.25, -0.2) is 13.1 Å². The molecule has 0 spiro atoms. The molecule has 6 heteroatoms. The van der Waals surface area contributed by atoms with Gasteiger partial charge in [0.25, 0.3) is 0 Å². The number of amides is 1. The fourth-order valence-corrected chi connectivity index (χ4v) is 3.37. The molecule has 0 aliphatic heterocycles. The third-order valence-corrected chi connectivity index (χ3v) is 4.54. The molecule has 0 heterocycles. The zero-order valence-corrected chi connectivity index (χ0v) is 14.8. The molecule has 0 bridgehead atoms. The van der Waals surface area contributed by atoms with Gasteiger partial charge in [0, 0.05) is 18.0 Å². The molecule has 124 valence electrons. The van der Waals surface area contributed by atoms with E-state index in [-0.39, 0.29) is 16.8 Å². The van der Waals surface area contributed by atoms with Crippen molar-refractivity contribution >= 4 is 15.9 Å². The molecule has 5 nitrogen and oxygen atoms in total. The van der Waals surface area contributed by atoms with Gasteiger partial charge in [-0.05, 0) is 58.7 Å². The predicted octanol–water partition coefficient (Wildman–Crippen LogP) is 2.22. The summed E-state index contributed by atoms with van der Waals surface area (Å²) in [5.74, 6) is 0.00102. The molecule has 0 aliphatic carbocycles. The third kappa shape index (κ3) is 6.58. The highest BCUT2D eigenvalue weighted by atomic mass is 32.2. The molecule has 2 N–H and O–H groups in total. The largest absolute Gasteiger partial charge is 0.354 e. The van der Waals surface area contributed by atoms with Crippen LogP contribution in [0.5, 0.6) is 0 Å². The van der Waals surface area contributed by atoms with E-state index in [1.165, 1.54) is 0 Å². The smallest absolute Gasteiger partial charge is 0.241 e. The van der Waals surface area contributed by atoms with Crippen LogP contribution in [0.3, 0.4) is 0 Å². The molecule has 1 amide bonds. The number of nitrogens with one attached hydrogen (secondary N) is 2. The Morgan fingerprint density at radius 3 is 2.14 bits per heavy atom. The van der Waals surface area contributed by atoms with Crippen molar-refractivity contribution < 1.29 is 13.2 Å². The van der Waals surface area contributed by atoms with E-state index in [1.54, 1.807) is 45.0 Å². The zero-order chi connectivity index (χ0) is 17.0. The van der Waals surface area contributed by atoms with Gasteiger partial charge in [-0.15, -0.1) is 0 Å². The number of sulfonamides is 1. The van der Waals surface area contributed by atoms with E-state index < -0.39 is 15.6 Å². The molecule has 0 aromatic heterocycles. The van der Waals surface area contributed by atoms with Gasteiger partial charge in [-0.2, -0.15) is 0 Å². The molecule has 0 atom stereocenters. The monoisotopic (exact) mass is 326 g/mol. The van der Waals surface area contributed by atoms with E-state index in [0.717, 1.165) is 5.56 Å². The summed E-state index contributed by atoms with van der Waals surface area (Å²) < 4.78 is 27.0. The highest BCUT2D eigenvalue weighted by molar-refractivity contribution is 7.89. The summed E-state index contributed by atoms with van der Waals surface area (Å²) in [5.41, 5.74) is 0.417. The topological polar surface area (TPSA) is 75.3 Å². The second kappa shape index (κ2) is 7.24. The number of rotatable bonds is 6. The average Bonchev–Trinajstić information content (AvgIpc) is 2.33. The molecule has 22 heavy (non-hydrogen) atoms. The number of hydrogen-bond acceptors (Lipinski definition) is 3. The minimum absolute atomic E-state index is 0.00102. The van der Waals surface area contributed by atoms with Crippen LogP contribution >= 0.6 is 0 Å². The van der Waals surface area contributed by atoms with Crippen molar-refractivity contribution in [3.8, 4) is 0 Å². The van der Waals surface area contributed by atoms with Crippen molar-refractivity contribution in [1.82, 2.24) is 10.0 Å². The number of aryl methyl sites for hydroxylation is 1. The summed E-state index contributed by atoms with van der Waals surface area (Å²) in [6, 6.07) is 6.77. The molecule has 0 fully saturated rings. The maximum atomic E-state index is 12.2. The molecule has 0 unspecified atom stereocenters. The van der Waals surface area contributed by atoms with Crippen molar-refractivity contribution in [3.63, 3.8) is 0 Å². The van der Waals surface area contributed by atoms with Gasteiger partial charge in [-0.3, -0.25) is 4.79 Å². The van der Waals surface area contributed by atoms with Gasteiger partial charge < -0.3 is 5.32 Å². The second-order valence-corrected chi connectivity index (χ2v) is 8.40. The molecule has 0 saturated carbocycles. The van der Waals surface area contributed by atoms with Gasteiger partial charge >= 0.3 is 0 Å². The SMILES string of the molecule is CC(C)NC(=O)CCc1ccc(S(=O)(=O)NC(C)(C)C)cc1. The highest BCUT2D eigenvalue weighted by Crippen LogP contribution is 2.14. The molecule has 1 aromatic rings.